The maximum absolute atomic E-state index is 13.4. The minimum atomic E-state index is -1.53. The quantitative estimate of drug-likeness (QED) is 0.554. The van der Waals surface area contributed by atoms with E-state index in [0.717, 1.165) is 12.1 Å². The van der Waals surface area contributed by atoms with Gasteiger partial charge in [-0.3, -0.25) is 4.90 Å². The third-order valence-electron chi connectivity index (χ3n) is 2.71. The van der Waals surface area contributed by atoms with E-state index in [1.165, 1.54) is 4.90 Å². The van der Waals surface area contributed by atoms with Gasteiger partial charge < -0.3 is 9.90 Å². The maximum Gasteiger partial charge on any atom is 1.00 e. The first-order valence-electron chi connectivity index (χ1n) is 5.03. The van der Waals surface area contributed by atoms with Crippen LogP contribution >= 0.6 is 0 Å². The predicted molar refractivity (Wildman–Crippen MR) is 50.6 cm³/mol. The molecule has 1 aliphatic rings. The Morgan fingerprint density at radius 3 is 2.44 bits per heavy atom. The second kappa shape index (κ2) is 5.78. The molecule has 1 atom stereocenters. The van der Waals surface area contributed by atoms with E-state index in [1.807, 2.05) is 0 Å². The smallest absolute Gasteiger partial charge is 0.548 e. The van der Waals surface area contributed by atoms with Gasteiger partial charge in [0.1, 0.15) is 17.8 Å². The van der Waals surface area contributed by atoms with E-state index in [1.54, 1.807) is 0 Å². The Kier molecular flexibility index (Phi) is 4.85. The van der Waals surface area contributed by atoms with Gasteiger partial charge in [0, 0.05) is 24.7 Å². The van der Waals surface area contributed by atoms with Gasteiger partial charge in [-0.2, -0.15) is 0 Å². The number of carbonyl (C=O) groups excluding carboxylic acids is 1. The summed E-state index contributed by atoms with van der Waals surface area (Å²) in [5, 5.41) is 10.9. The van der Waals surface area contributed by atoms with Crippen molar-refractivity contribution in [3.8, 4) is 0 Å². The van der Waals surface area contributed by atoms with E-state index in [4.69, 9.17) is 0 Å². The Balaban J connectivity index is 0.00000162. The van der Waals surface area contributed by atoms with Crippen LogP contribution in [0.25, 0.3) is 0 Å². The largest absolute Gasteiger partial charge is 1.00 e. The molecule has 1 fully saturated rings. The van der Waals surface area contributed by atoms with Crippen LogP contribution in [-0.2, 0) is 4.79 Å². The zero-order valence-electron chi connectivity index (χ0n) is 9.70. The number of aliphatic carboxylic acids is 1. The summed E-state index contributed by atoms with van der Waals surface area (Å²) < 4.78 is 38.8. The fraction of sp³-hybridized carbons (Fsp3) is 0.364. The normalized spacial score (nSPS) is 17.7. The van der Waals surface area contributed by atoms with E-state index in [9.17, 15) is 23.1 Å². The topological polar surface area (TPSA) is 43.4 Å². The van der Waals surface area contributed by atoms with Crippen LogP contribution < -0.4 is 24.0 Å². The first kappa shape index (κ1) is 15.1. The molecule has 1 unspecified atom stereocenters. The average Bonchev–Trinajstić information content (AvgIpc) is 2.18. The molecule has 18 heavy (non-hydrogen) atoms. The second-order valence-electron chi connectivity index (χ2n) is 3.94. The molecule has 2 rings (SSSR count). The molecule has 0 N–H and O–H groups in total. The fourth-order valence-corrected chi connectivity index (χ4v) is 1.86. The monoisotopic (exact) mass is 251 g/mol. The van der Waals surface area contributed by atoms with E-state index in [0.29, 0.717) is 6.07 Å². The molecule has 1 aliphatic heterocycles. The molecular formula is C11H9F3LiNO2. The molecule has 3 nitrogen and oxygen atoms in total. The number of likely N-dealkylation sites (tertiary alicyclic amines) is 1. The van der Waals surface area contributed by atoms with Gasteiger partial charge in [-0.25, -0.2) is 13.2 Å². The summed E-state index contributed by atoms with van der Waals surface area (Å²) in [6, 6.07) is 1.22. The minimum Gasteiger partial charge on any atom is -0.548 e. The zero-order chi connectivity index (χ0) is 12.6. The van der Waals surface area contributed by atoms with Crippen molar-refractivity contribution in [2.24, 2.45) is 0 Å². The third-order valence-corrected chi connectivity index (χ3v) is 2.71. The van der Waals surface area contributed by atoms with Crippen molar-refractivity contribution in [1.82, 2.24) is 4.90 Å². The number of hydrogen-bond acceptors (Lipinski definition) is 3. The zero-order valence-corrected chi connectivity index (χ0v) is 9.70. The molecule has 0 aliphatic carbocycles. The Bertz CT molecular complexity index is 452. The molecule has 0 amide bonds. The van der Waals surface area contributed by atoms with E-state index in [-0.39, 0.29) is 37.5 Å². The van der Waals surface area contributed by atoms with Crippen molar-refractivity contribution in [1.29, 1.82) is 0 Å². The van der Waals surface area contributed by atoms with E-state index < -0.39 is 29.8 Å². The van der Waals surface area contributed by atoms with Crippen LogP contribution in [0, 0.1) is 11.6 Å². The summed E-state index contributed by atoms with van der Waals surface area (Å²) in [6.07, 6.45) is -1.11. The van der Waals surface area contributed by atoms with Gasteiger partial charge in [0.15, 0.2) is 0 Å². The number of carboxylic acids is 1. The van der Waals surface area contributed by atoms with Crippen molar-refractivity contribution in [3.05, 3.63) is 35.4 Å². The van der Waals surface area contributed by atoms with Crippen molar-refractivity contribution in [2.45, 2.75) is 12.2 Å². The van der Waals surface area contributed by atoms with Gasteiger partial charge in [0.05, 0.1) is 12.0 Å². The third kappa shape index (κ3) is 2.89. The van der Waals surface area contributed by atoms with Gasteiger partial charge >= 0.3 is 18.9 Å². The Labute approximate surface area is 114 Å². The summed E-state index contributed by atoms with van der Waals surface area (Å²) in [7, 11) is 0. The first-order valence-corrected chi connectivity index (χ1v) is 5.03. The number of nitrogens with zero attached hydrogens (tertiary/aromatic N) is 1. The number of carbonyl (C=O) groups is 1. The predicted octanol–water partition coefficient (Wildman–Crippen LogP) is -2.59. The number of benzene rings is 1. The molecular weight excluding hydrogens is 242 g/mol. The van der Waals surface area contributed by atoms with Crippen LogP contribution in [0.4, 0.5) is 13.2 Å². The van der Waals surface area contributed by atoms with Gasteiger partial charge in [-0.15, -0.1) is 0 Å². The Morgan fingerprint density at radius 1 is 1.39 bits per heavy atom. The van der Waals surface area contributed by atoms with Crippen LogP contribution in [-0.4, -0.2) is 30.1 Å². The standard InChI is InChI=1S/C11H10F3NO2.Li/c12-6-1-2-8(9(14)3-6)10(11(16)17)15-4-7(13)5-15;/h1-3,7,10H,4-5H2,(H,16,17);/q;+1/p-1. The maximum atomic E-state index is 13.4. The molecule has 0 bridgehead atoms. The van der Waals surface area contributed by atoms with Gasteiger partial charge in [0.25, 0.3) is 0 Å². The van der Waals surface area contributed by atoms with Crippen LogP contribution in [0.1, 0.15) is 11.6 Å². The summed E-state index contributed by atoms with van der Waals surface area (Å²) in [5.74, 6) is -3.29. The van der Waals surface area contributed by atoms with Crippen LogP contribution in [0.3, 0.4) is 0 Å². The summed E-state index contributed by atoms with van der Waals surface area (Å²) in [5.41, 5.74) is -0.210. The van der Waals surface area contributed by atoms with Gasteiger partial charge in [-0.05, 0) is 6.07 Å². The molecule has 1 saturated heterocycles. The summed E-state index contributed by atoms with van der Waals surface area (Å²) in [4.78, 5) is 12.2. The Hall–Kier alpha value is -0.963. The van der Waals surface area contributed by atoms with Crippen LogP contribution in [0.15, 0.2) is 18.2 Å². The van der Waals surface area contributed by atoms with Crippen molar-refractivity contribution in [3.63, 3.8) is 0 Å². The molecule has 0 radical (unpaired) electrons. The molecule has 1 aromatic rings. The number of hydrogen-bond donors (Lipinski definition) is 0. The number of carboxylic acid groups (broad SMARTS) is 1. The molecule has 7 heteroatoms. The van der Waals surface area contributed by atoms with Crippen LogP contribution in [0.2, 0.25) is 0 Å². The minimum absolute atomic E-state index is 0. The Morgan fingerprint density at radius 2 is 2.00 bits per heavy atom. The SMILES string of the molecule is O=C([O-])C(c1ccc(F)cc1F)N1CC(F)C1.[Li+]. The molecule has 0 saturated carbocycles. The van der Waals surface area contributed by atoms with Gasteiger partial charge in [-0.1, -0.05) is 6.07 Å². The van der Waals surface area contributed by atoms with Crippen molar-refractivity contribution < 1.29 is 41.9 Å². The number of alkyl halides is 1. The first-order chi connectivity index (χ1) is 7.99. The van der Waals surface area contributed by atoms with Crippen molar-refractivity contribution >= 4 is 5.97 Å². The van der Waals surface area contributed by atoms with E-state index >= 15 is 0 Å². The molecule has 92 valence electrons. The summed E-state index contributed by atoms with van der Waals surface area (Å²) in [6.45, 7) is -0.176. The molecule has 1 aromatic carbocycles. The molecule has 1 heterocycles. The van der Waals surface area contributed by atoms with Crippen LogP contribution in [0.5, 0.6) is 0 Å². The number of rotatable bonds is 3. The van der Waals surface area contributed by atoms with Gasteiger partial charge in [0.2, 0.25) is 0 Å². The second-order valence-corrected chi connectivity index (χ2v) is 3.94. The fourth-order valence-electron chi connectivity index (χ4n) is 1.86. The van der Waals surface area contributed by atoms with Crippen molar-refractivity contribution in [2.75, 3.05) is 13.1 Å². The summed E-state index contributed by atoms with van der Waals surface area (Å²) >= 11 is 0. The number of halogens is 3. The molecule has 0 aromatic heterocycles. The van der Waals surface area contributed by atoms with E-state index in [2.05, 4.69) is 0 Å². The molecule has 0 spiro atoms. The average molecular weight is 251 g/mol.